The summed E-state index contributed by atoms with van der Waals surface area (Å²) >= 11 is 1.53. The highest BCUT2D eigenvalue weighted by Gasteiger charge is 2.31. The molecule has 8 nitrogen and oxygen atoms in total. The SMILES string of the molecule is CC(C)c1csc(CNC(=O)N[C@@H]2CCCN(c3ccn(C)n3)C2=O)n1. The molecule has 1 saturated heterocycles. The Bertz CT molecular complexity index is 784. The van der Waals surface area contributed by atoms with E-state index in [0.717, 1.165) is 17.1 Å². The van der Waals surface area contributed by atoms with E-state index < -0.39 is 6.04 Å². The summed E-state index contributed by atoms with van der Waals surface area (Å²) in [7, 11) is 1.81. The van der Waals surface area contributed by atoms with Gasteiger partial charge in [0.1, 0.15) is 11.0 Å². The average Bonchev–Trinajstić information content (AvgIpc) is 3.24. The molecule has 3 amide bonds. The lowest BCUT2D eigenvalue weighted by Gasteiger charge is -2.31. The van der Waals surface area contributed by atoms with Crippen molar-refractivity contribution in [2.45, 2.75) is 45.2 Å². The largest absolute Gasteiger partial charge is 0.332 e. The van der Waals surface area contributed by atoms with Crippen LogP contribution in [0.5, 0.6) is 0 Å². The number of nitrogens with one attached hydrogen (secondary N) is 2. The van der Waals surface area contributed by atoms with Crippen LogP contribution in [0, 0.1) is 0 Å². The fourth-order valence-corrected chi connectivity index (χ4v) is 3.72. The molecule has 3 heterocycles. The number of nitrogens with zero attached hydrogens (tertiary/aromatic N) is 4. The average molecular weight is 376 g/mol. The van der Waals surface area contributed by atoms with Crippen molar-refractivity contribution in [3.8, 4) is 0 Å². The molecule has 2 aromatic rings. The standard InChI is InChI=1S/C17H24N6O2S/c1-11(2)13-10-26-15(19-13)9-18-17(25)20-12-5-4-7-23(16(12)24)14-6-8-22(3)21-14/h6,8,10-12H,4-5,7,9H2,1-3H3,(H2,18,20,25)/t12-/m1/s1. The molecule has 2 N–H and O–H groups in total. The van der Waals surface area contributed by atoms with E-state index in [1.54, 1.807) is 21.8 Å². The fraction of sp³-hybridized carbons (Fsp3) is 0.529. The second kappa shape index (κ2) is 7.86. The van der Waals surface area contributed by atoms with Crippen molar-refractivity contribution in [1.29, 1.82) is 0 Å². The van der Waals surface area contributed by atoms with Crippen molar-refractivity contribution in [1.82, 2.24) is 25.4 Å². The van der Waals surface area contributed by atoms with Gasteiger partial charge < -0.3 is 10.6 Å². The van der Waals surface area contributed by atoms with Gasteiger partial charge in [-0.05, 0) is 18.8 Å². The maximum absolute atomic E-state index is 12.6. The zero-order valence-electron chi connectivity index (χ0n) is 15.2. The lowest BCUT2D eigenvalue weighted by Crippen LogP contribution is -2.54. The molecule has 0 radical (unpaired) electrons. The number of hydrogen-bond acceptors (Lipinski definition) is 5. The van der Waals surface area contributed by atoms with Gasteiger partial charge >= 0.3 is 6.03 Å². The molecule has 2 aromatic heterocycles. The molecule has 0 saturated carbocycles. The zero-order chi connectivity index (χ0) is 18.7. The maximum atomic E-state index is 12.6. The third-order valence-electron chi connectivity index (χ3n) is 4.28. The second-order valence-corrected chi connectivity index (χ2v) is 7.62. The molecular formula is C17H24N6O2S. The van der Waals surface area contributed by atoms with Crippen molar-refractivity contribution < 1.29 is 9.59 Å². The van der Waals surface area contributed by atoms with Gasteiger partial charge in [0, 0.05) is 31.2 Å². The first-order chi connectivity index (χ1) is 12.4. The molecule has 1 aliphatic rings. The Kier molecular flexibility index (Phi) is 5.55. The molecule has 0 aromatic carbocycles. The molecular weight excluding hydrogens is 352 g/mol. The molecule has 3 rings (SSSR count). The number of aryl methyl sites for hydroxylation is 1. The van der Waals surface area contributed by atoms with Crippen molar-refractivity contribution >= 4 is 29.1 Å². The van der Waals surface area contributed by atoms with Crippen molar-refractivity contribution in [2.75, 3.05) is 11.4 Å². The van der Waals surface area contributed by atoms with Gasteiger partial charge in [-0.2, -0.15) is 5.10 Å². The minimum absolute atomic E-state index is 0.124. The minimum atomic E-state index is -0.534. The number of thiazole rings is 1. The summed E-state index contributed by atoms with van der Waals surface area (Å²) in [6, 6.07) is 0.913. The van der Waals surface area contributed by atoms with Crippen molar-refractivity contribution in [2.24, 2.45) is 7.05 Å². The van der Waals surface area contributed by atoms with Crippen LogP contribution in [0.1, 0.15) is 43.3 Å². The first kappa shape index (κ1) is 18.4. The first-order valence-electron chi connectivity index (χ1n) is 8.73. The molecule has 1 aliphatic heterocycles. The van der Waals surface area contributed by atoms with E-state index in [0.29, 0.717) is 31.2 Å². The third-order valence-corrected chi connectivity index (χ3v) is 5.15. The molecule has 9 heteroatoms. The Hall–Kier alpha value is -2.42. The number of amides is 3. The Balaban J connectivity index is 1.53. The Labute approximate surface area is 156 Å². The minimum Gasteiger partial charge on any atom is -0.332 e. The van der Waals surface area contributed by atoms with Crippen LogP contribution in [0.2, 0.25) is 0 Å². The van der Waals surface area contributed by atoms with E-state index in [2.05, 4.69) is 34.6 Å². The van der Waals surface area contributed by atoms with E-state index in [1.807, 2.05) is 12.4 Å². The Morgan fingerprint density at radius 1 is 1.46 bits per heavy atom. The highest BCUT2D eigenvalue weighted by Crippen LogP contribution is 2.19. The lowest BCUT2D eigenvalue weighted by atomic mass is 10.1. The normalized spacial score (nSPS) is 17.6. The van der Waals surface area contributed by atoms with Crippen LogP contribution >= 0.6 is 11.3 Å². The van der Waals surface area contributed by atoms with Gasteiger partial charge in [0.05, 0.1) is 12.2 Å². The van der Waals surface area contributed by atoms with Crippen LogP contribution in [0.15, 0.2) is 17.6 Å². The number of carbonyl (C=O) groups is 2. The van der Waals surface area contributed by atoms with Gasteiger partial charge in [-0.3, -0.25) is 14.4 Å². The van der Waals surface area contributed by atoms with Crippen LogP contribution < -0.4 is 15.5 Å². The van der Waals surface area contributed by atoms with Crippen LogP contribution in [0.4, 0.5) is 10.6 Å². The molecule has 140 valence electrons. The lowest BCUT2D eigenvalue weighted by molar-refractivity contribution is -0.121. The van der Waals surface area contributed by atoms with Crippen LogP contribution in [-0.4, -0.2) is 39.3 Å². The maximum Gasteiger partial charge on any atom is 0.315 e. The number of hydrogen-bond donors (Lipinski definition) is 2. The molecule has 0 aliphatic carbocycles. The van der Waals surface area contributed by atoms with E-state index >= 15 is 0 Å². The highest BCUT2D eigenvalue weighted by molar-refractivity contribution is 7.09. The summed E-state index contributed by atoms with van der Waals surface area (Å²) in [4.78, 5) is 30.9. The van der Waals surface area contributed by atoms with Gasteiger partial charge in [0.25, 0.3) is 5.91 Å². The first-order valence-corrected chi connectivity index (χ1v) is 9.61. The molecule has 1 fully saturated rings. The van der Waals surface area contributed by atoms with Gasteiger partial charge in [0.15, 0.2) is 5.82 Å². The molecule has 26 heavy (non-hydrogen) atoms. The number of rotatable bonds is 5. The molecule has 1 atom stereocenters. The summed E-state index contributed by atoms with van der Waals surface area (Å²) in [5.41, 5.74) is 1.03. The smallest absolute Gasteiger partial charge is 0.315 e. The zero-order valence-corrected chi connectivity index (χ0v) is 16.0. The van der Waals surface area contributed by atoms with Gasteiger partial charge in [-0.1, -0.05) is 13.8 Å². The Morgan fingerprint density at radius 3 is 2.92 bits per heavy atom. The molecule has 0 unspecified atom stereocenters. The van der Waals surface area contributed by atoms with Crippen LogP contribution in [-0.2, 0) is 18.4 Å². The monoisotopic (exact) mass is 376 g/mol. The number of aromatic nitrogens is 3. The van der Waals surface area contributed by atoms with Crippen molar-refractivity contribution in [3.63, 3.8) is 0 Å². The molecule has 0 bridgehead atoms. The quantitative estimate of drug-likeness (QED) is 0.835. The van der Waals surface area contributed by atoms with Gasteiger partial charge in [0.2, 0.25) is 0 Å². The third kappa shape index (κ3) is 4.21. The van der Waals surface area contributed by atoms with E-state index in [1.165, 1.54) is 11.3 Å². The van der Waals surface area contributed by atoms with E-state index in [-0.39, 0.29) is 11.9 Å². The van der Waals surface area contributed by atoms with Crippen LogP contribution in [0.3, 0.4) is 0 Å². The predicted octanol–water partition coefficient (Wildman–Crippen LogP) is 1.99. The van der Waals surface area contributed by atoms with E-state index in [9.17, 15) is 9.59 Å². The number of anilines is 1. The van der Waals surface area contributed by atoms with Crippen molar-refractivity contribution in [3.05, 3.63) is 28.3 Å². The topological polar surface area (TPSA) is 92.2 Å². The van der Waals surface area contributed by atoms with E-state index in [4.69, 9.17) is 0 Å². The van der Waals surface area contributed by atoms with Gasteiger partial charge in [-0.25, -0.2) is 9.78 Å². The van der Waals surface area contributed by atoms with Gasteiger partial charge in [-0.15, -0.1) is 11.3 Å². The highest BCUT2D eigenvalue weighted by atomic mass is 32.1. The summed E-state index contributed by atoms with van der Waals surface area (Å²) in [5.74, 6) is 0.862. The summed E-state index contributed by atoms with van der Waals surface area (Å²) < 4.78 is 1.66. The predicted molar refractivity (Wildman–Crippen MR) is 100 cm³/mol. The molecule has 0 spiro atoms. The summed E-state index contributed by atoms with van der Waals surface area (Å²) in [6.07, 6.45) is 3.24. The Morgan fingerprint density at radius 2 is 2.27 bits per heavy atom. The number of urea groups is 1. The summed E-state index contributed by atoms with van der Waals surface area (Å²) in [6.45, 7) is 5.14. The second-order valence-electron chi connectivity index (χ2n) is 6.68. The fourth-order valence-electron chi connectivity index (χ4n) is 2.82. The number of carbonyl (C=O) groups excluding carboxylic acids is 2. The number of piperidine rings is 1. The van der Waals surface area contributed by atoms with Crippen LogP contribution in [0.25, 0.3) is 0 Å². The summed E-state index contributed by atoms with van der Waals surface area (Å²) in [5, 5.41) is 12.7.